The summed E-state index contributed by atoms with van der Waals surface area (Å²) < 4.78 is 3.53. The Kier molecular flexibility index (Phi) is 3.35. The van der Waals surface area contributed by atoms with Crippen LogP contribution in [0.5, 0.6) is 0 Å². The molecule has 8 heteroatoms. The summed E-state index contributed by atoms with van der Waals surface area (Å²) in [5.74, 6) is -1.00. The van der Waals surface area contributed by atoms with Gasteiger partial charge in [-0.15, -0.1) is 5.10 Å². The third-order valence-electron chi connectivity index (χ3n) is 1.24. The fourth-order valence-corrected chi connectivity index (χ4v) is 1.12. The van der Waals surface area contributed by atoms with Gasteiger partial charge in [0.1, 0.15) is 11.6 Å². The van der Waals surface area contributed by atoms with Gasteiger partial charge in [0.15, 0.2) is 11.4 Å². The van der Waals surface area contributed by atoms with Gasteiger partial charge in [0.25, 0.3) is 5.91 Å². The molecule has 0 bridgehead atoms. The summed E-state index contributed by atoms with van der Waals surface area (Å²) in [5, 5.41) is 7.27. The van der Waals surface area contributed by atoms with Crippen molar-refractivity contribution >= 4 is 28.2 Å². The molecule has 0 saturated heterocycles. The monoisotopic (exact) mass is 214 g/mol. The molecule has 0 atom stereocenters. The van der Waals surface area contributed by atoms with Crippen LogP contribution < -0.4 is 11.5 Å². The minimum atomic E-state index is -1.00. The molecule has 0 unspecified atom stereocenters. The molecule has 1 amide bonds. The average Bonchev–Trinajstić information content (AvgIpc) is 2.52. The number of nitrogen functional groups attached to an aromatic ring is 1. The number of aromatic nitrogens is 2. The smallest absolute Gasteiger partial charge is 0.294 e. The average molecular weight is 214 g/mol. The van der Waals surface area contributed by atoms with E-state index in [1.165, 1.54) is 0 Å². The van der Waals surface area contributed by atoms with Crippen LogP contribution in [0.1, 0.15) is 12.6 Å². The maximum Gasteiger partial charge on any atom is 0.294 e. The van der Waals surface area contributed by atoms with Gasteiger partial charge in [0.05, 0.1) is 0 Å². The molecule has 0 saturated carbocycles. The summed E-state index contributed by atoms with van der Waals surface area (Å²) in [6, 6.07) is 0. The number of nitrogens with zero attached hydrogens (tertiary/aromatic N) is 3. The van der Waals surface area contributed by atoms with Gasteiger partial charge < -0.3 is 10.6 Å². The van der Waals surface area contributed by atoms with E-state index in [9.17, 15) is 4.79 Å². The van der Waals surface area contributed by atoms with Crippen molar-refractivity contribution in [3.63, 3.8) is 0 Å². The van der Waals surface area contributed by atoms with E-state index in [1.807, 2.05) is 0 Å². The lowest BCUT2D eigenvalue weighted by molar-refractivity contribution is -0.112. The number of amides is 1. The van der Waals surface area contributed by atoms with E-state index in [4.69, 9.17) is 11.5 Å². The molecular formula is C6H8N5O2S. The number of anilines is 1. The Bertz CT molecular complexity index is 361. The van der Waals surface area contributed by atoms with Crippen molar-refractivity contribution in [2.75, 3.05) is 12.3 Å². The van der Waals surface area contributed by atoms with Gasteiger partial charge in [-0.3, -0.25) is 10.5 Å². The molecule has 1 heterocycles. The maximum atomic E-state index is 10.8. The Morgan fingerprint density at radius 1 is 1.79 bits per heavy atom. The van der Waals surface area contributed by atoms with Gasteiger partial charge in [-0.2, -0.15) is 0 Å². The van der Waals surface area contributed by atoms with Crippen LogP contribution in [0, 0.1) is 0 Å². The van der Waals surface area contributed by atoms with E-state index in [-0.39, 0.29) is 16.4 Å². The van der Waals surface area contributed by atoms with Gasteiger partial charge in [-0.1, -0.05) is 9.64 Å². The Labute approximate surface area is 83.9 Å². The summed E-state index contributed by atoms with van der Waals surface area (Å²) >= 11 is 0.928. The van der Waals surface area contributed by atoms with Crippen LogP contribution in [0.25, 0.3) is 0 Å². The molecule has 0 aliphatic heterocycles. The van der Waals surface area contributed by atoms with Crippen molar-refractivity contribution in [3.8, 4) is 0 Å². The lowest BCUT2D eigenvalue weighted by atomic mass is 10.3. The predicted molar refractivity (Wildman–Crippen MR) is 50.6 cm³/mol. The zero-order valence-electron chi connectivity index (χ0n) is 7.35. The Hall–Kier alpha value is -1.70. The minimum Gasteiger partial charge on any atom is -0.395 e. The van der Waals surface area contributed by atoms with Gasteiger partial charge in [0.2, 0.25) is 0 Å². The molecule has 3 N–H and O–H groups in total. The van der Waals surface area contributed by atoms with Crippen LogP contribution >= 0.6 is 11.5 Å². The number of oxime groups is 1. The fraction of sp³-hybridized carbons (Fsp3) is 0.333. The summed E-state index contributed by atoms with van der Waals surface area (Å²) in [7, 11) is 0. The largest absolute Gasteiger partial charge is 0.395 e. The zero-order chi connectivity index (χ0) is 10.6. The topological polar surface area (TPSA) is 114 Å². The Morgan fingerprint density at radius 2 is 2.50 bits per heavy atom. The van der Waals surface area contributed by atoms with Crippen molar-refractivity contribution in [2.45, 2.75) is 6.92 Å². The molecule has 1 aromatic rings. The van der Waals surface area contributed by atoms with Crippen LogP contribution in [0.15, 0.2) is 5.16 Å². The Morgan fingerprint density at radius 3 is 2.93 bits per heavy atom. The molecule has 0 spiro atoms. The second-order valence-corrected chi connectivity index (χ2v) is 2.96. The van der Waals surface area contributed by atoms with E-state index in [1.54, 1.807) is 6.92 Å². The highest BCUT2D eigenvalue weighted by atomic mass is 32.1. The highest BCUT2D eigenvalue weighted by Gasteiger charge is 2.19. The standard InChI is InChI=1S/C6H8N5O2S/c1-2-13-10-3(5(7)12)4-6(8)14-11-9-4/h7H,2,8H2,1H3. The molecule has 7 nitrogen and oxygen atoms in total. The molecule has 75 valence electrons. The number of hydrogen-bond donors (Lipinski definition) is 1. The highest BCUT2D eigenvalue weighted by Crippen LogP contribution is 2.13. The first-order valence-electron chi connectivity index (χ1n) is 3.71. The molecule has 0 aliphatic carbocycles. The van der Waals surface area contributed by atoms with Crippen molar-refractivity contribution < 1.29 is 9.63 Å². The second kappa shape index (κ2) is 4.51. The normalized spacial score (nSPS) is 11.4. The lowest BCUT2D eigenvalue weighted by Gasteiger charge is -1.97. The van der Waals surface area contributed by atoms with Crippen LogP contribution in [0.3, 0.4) is 0 Å². The number of nitrogens with one attached hydrogen (secondary N) is 1. The first-order valence-corrected chi connectivity index (χ1v) is 4.48. The summed E-state index contributed by atoms with van der Waals surface area (Å²) in [5.41, 5.74) is 12.3. The number of hydrogen-bond acceptors (Lipinski definition) is 7. The number of carbonyl (C=O) groups is 1. The van der Waals surface area contributed by atoms with Crippen molar-refractivity contribution in [3.05, 3.63) is 5.69 Å². The fourth-order valence-electron chi connectivity index (χ4n) is 0.683. The number of nitrogens with two attached hydrogens (primary N) is 1. The number of rotatable bonds is 4. The molecule has 1 aromatic heterocycles. The van der Waals surface area contributed by atoms with Crippen LogP contribution in [0.2, 0.25) is 0 Å². The van der Waals surface area contributed by atoms with E-state index >= 15 is 0 Å². The first-order chi connectivity index (χ1) is 6.66. The van der Waals surface area contributed by atoms with Crippen molar-refractivity contribution in [1.29, 1.82) is 0 Å². The molecule has 0 aliphatic rings. The third kappa shape index (κ3) is 2.16. The van der Waals surface area contributed by atoms with Crippen LogP contribution in [0.4, 0.5) is 5.00 Å². The third-order valence-corrected chi connectivity index (χ3v) is 1.79. The van der Waals surface area contributed by atoms with Crippen molar-refractivity contribution in [1.82, 2.24) is 15.3 Å². The SMILES string of the molecule is CCON=C(C([NH])=O)c1nnsc1N. The lowest BCUT2D eigenvalue weighted by Crippen LogP contribution is -2.18. The summed E-state index contributed by atoms with van der Waals surface area (Å²) in [6.45, 7) is 2.01. The predicted octanol–water partition coefficient (Wildman–Crippen LogP) is -0.330. The minimum absolute atomic E-state index is 0.100. The number of carbonyl (C=O) groups excluding carboxylic acids is 1. The van der Waals surface area contributed by atoms with Gasteiger partial charge in [0, 0.05) is 11.5 Å². The van der Waals surface area contributed by atoms with Crippen LogP contribution in [-0.2, 0) is 9.63 Å². The Balaban J connectivity index is 3.01. The molecule has 0 fully saturated rings. The van der Waals surface area contributed by atoms with Gasteiger partial charge >= 0.3 is 0 Å². The zero-order valence-corrected chi connectivity index (χ0v) is 8.17. The van der Waals surface area contributed by atoms with E-state index in [0.29, 0.717) is 6.61 Å². The second-order valence-electron chi connectivity index (χ2n) is 2.17. The van der Waals surface area contributed by atoms with E-state index in [2.05, 4.69) is 19.6 Å². The summed E-state index contributed by atoms with van der Waals surface area (Å²) in [4.78, 5) is 15.5. The van der Waals surface area contributed by atoms with Crippen molar-refractivity contribution in [2.24, 2.45) is 5.16 Å². The maximum absolute atomic E-state index is 10.8. The first kappa shape index (κ1) is 10.4. The van der Waals surface area contributed by atoms with Crippen LogP contribution in [-0.4, -0.2) is 27.8 Å². The molecular weight excluding hydrogens is 206 g/mol. The van der Waals surface area contributed by atoms with E-state index < -0.39 is 5.91 Å². The van der Waals surface area contributed by atoms with Gasteiger partial charge in [-0.05, 0) is 6.92 Å². The molecule has 14 heavy (non-hydrogen) atoms. The molecule has 1 rings (SSSR count). The summed E-state index contributed by atoms with van der Waals surface area (Å²) in [6.07, 6.45) is 0. The molecule has 1 radical (unpaired) electrons. The quantitative estimate of drug-likeness (QED) is 0.544. The molecule has 0 aromatic carbocycles. The van der Waals surface area contributed by atoms with Gasteiger partial charge in [-0.25, -0.2) is 0 Å². The van der Waals surface area contributed by atoms with E-state index in [0.717, 1.165) is 11.5 Å². The highest BCUT2D eigenvalue weighted by molar-refractivity contribution is 7.10.